The Bertz CT molecular complexity index is 1030. The van der Waals surface area contributed by atoms with Crippen molar-refractivity contribution in [3.05, 3.63) is 36.3 Å². The first-order valence-corrected chi connectivity index (χ1v) is 11.1. The first-order chi connectivity index (χ1) is 15.7. The molecule has 176 valence electrons. The molecule has 3 heterocycles. The zero-order valence-corrected chi connectivity index (χ0v) is 18.6. The molecule has 1 saturated carbocycles. The highest BCUT2D eigenvalue weighted by Crippen LogP contribution is 2.67. The number of rotatable bonds is 3. The van der Waals surface area contributed by atoms with Gasteiger partial charge in [0.15, 0.2) is 6.10 Å². The van der Waals surface area contributed by atoms with Gasteiger partial charge in [-0.3, -0.25) is 19.2 Å². The van der Waals surface area contributed by atoms with Gasteiger partial charge in [-0.05, 0) is 25.0 Å². The van der Waals surface area contributed by atoms with Crippen molar-refractivity contribution in [3.63, 3.8) is 0 Å². The van der Waals surface area contributed by atoms with E-state index in [1.54, 1.807) is 18.2 Å². The van der Waals surface area contributed by atoms with Crippen molar-refractivity contribution in [2.24, 2.45) is 28.6 Å². The van der Waals surface area contributed by atoms with Gasteiger partial charge in [0.25, 0.3) is 0 Å². The molecule has 3 fully saturated rings. The van der Waals surface area contributed by atoms with Crippen LogP contribution in [0.3, 0.4) is 0 Å². The predicted molar refractivity (Wildman–Crippen MR) is 109 cm³/mol. The summed E-state index contributed by atoms with van der Waals surface area (Å²) in [5, 5.41) is 0. The average molecular weight is 458 g/mol. The van der Waals surface area contributed by atoms with Crippen LogP contribution < -0.4 is 0 Å². The van der Waals surface area contributed by atoms with Crippen molar-refractivity contribution in [3.8, 4) is 0 Å². The molecule has 2 saturated heterocycles. The molecule has 0 radical (unpaired) electrons. The Morgan fingerprint density at radius 3 is 2.52 bits per heavy atom. The van der Waals surface area contributed by atoms with E-state index in [0.29, 0.717) is 18.4 Å². The van der Waals surface area contributed by atoms with Gasteiger partial charge in [0.2, 0.25) is 0 Å². The number of furan rings is 1. The van der Waals surface area contributed by atoms with Gasteiger partial charge in [0, 0.05) is 36.2 Å². The molecule has 2 aliphatic heterocycles. The van der Waals surface area contributed by atoms with Gasteiger partial charge in [-0.25, -0.2) is 0 Å². The molecule has 9 nitrogen and oxygen atoms in total. The highest BCUT2D eigenvalue weighted by atomic mass is 16.6. The third-order valence-electron chi connectivity index (χ3n) is 8.00. The molecule has 8 atom stereocenters. The molecule has 33 heavy (non-hydrogen) atoms. The van der Waals surface area contributed by atoms with Crippen molar-refractivity contribution in [2.45, 2.75) is 51.9 Å². The van der Waals surface area contributed by atoms with Crippen LogP contribution in [0.5, 0.6) is 0 Å². The molecule has 0 aromatic carbocycles. The lowest BCUT2D eigenvalue weighted by Crippen LogP contribution is -2.67. The summed E-state index contributed by atoms with van der Waals surface area (Å²) in [4.78, 5) is 50.3. The molecular formula is C24H26O9. The fraction of sp³-hybridized carbons (Fsp3) is 0.583. The van der Waals surface area contributed by atoms with E-state index in [1.807, 2.05) is 6.92 Å². The topological polar surface area (TPSA) is 118 Å². The van der Waals surface area contributed by atoms with Crippen LogP contribution in [0.4, 0.5) is 0 Å². The van der Waals surface area contributed by atoms with Crippen LogP contribution in [0, 0.1) is 28.6 Å². The molecule has 0 bridgehead atoms. The molecule has 1 aromatic rings. The van der Waals surface area contributed by atoms with E-state index in [1.165, 1.54) is 26.4 Å². The zero-order chi connectivity index (χ0) is 23.5. The smallest absolute Gasteiger partial charge is 0.313 e. The van der Waals surface area contributed by atoms with E-state index in [-0.39, 0.29) is 12.6 Å². The van der Waals surface area contributed by atoms with Crippen LogP contribution >= 0.6 is 0 Å². The van der Waals surface area contributed by atoms with E-state index in [2.05, 4.69) is 0 Å². The molecule has 4 aliphatic rings. The van der Waals surface area contributed by atoms with Crippen LogP contribution in [0.15, 0.2) is 35.2 Å². The average Bonchev–Trinajstić information content (AvgIpc) is 3.38. The van der Waals surface area contributed by atoms with Crippen LogP contribution in [-0.2, 0) is 38.1 Å². The minimum Gasteiger partial charge on any atom is -0.472 e. The van der Waals surface area contributed by atoms with E-state index in [9.17, 15) is 19.2 Å². The summed E-state index contributed by atoms with van der Waals surface area (Å²) in [5.41, 5.74) is -1.16. The van der Waals surface area contributed by atoms with Gasteiger partial charge < -0.3 is 23.4 Å². The Kier molecular flexibility index (Phi) is 4.91. The van der Waals surface area contributed by atoms with Crippen LogP contribution in [0.2, 0.25) is 0 Å². The standard InChI is InChI=1S/C24H26O9/c1-12(25)31-17-5-4-16-21(27)30-11-24(16)8-6-15-22(28)33-18(14-7-9-29-10-14)20(32-13(2)26)23(15,3)19(17)24/h4-5,7,9-10,15-20H,6,8,11H2,1-3H3/t15-,16+,17-,18+,19-,20+,23+,24-/m0/s1. The number of fused-ring (bicyclic) bond motifs is 2. The van der Waals surface area contributed by atoms with Crippen LogP contribution in [0.25, 0.3) is 0 Å². The van der Waals surface area contributed by atoms with E-state index in [4.69, 9.17) is 23.4 Å². The van der Waals surface area contributed by atoms with Gasteiger partial charge in [-0.15, -0.1) is 0 Å². The second kappa shape index (κ2) is 7.46. The minimum atomic E-state index is -1.02. The van der Waals surface area contributed by atoms with Crippen molar-refractivity contribution >= 4 is 23.9 Å². The Hall–Kier alpha value is -3.10. The zero-order valence-electron chi connectivity index (χ0n) is 18.6. The SMILES string of the molecule is CC(=O)O[C@H]1C=C[C@@H]2C(=O)OC[C@@]23CC[C@H]2C(=O)O[C@H](c4ccoc4)[C@@H](OC(C)=O)[C@@]2(C)[C@H]13. The predicted octanol–water partition coefficient (Wildman–Crippen LogP) is 2.50. The summed E-state index contributed by atoms with van der Waals surface area (Å²) in [6.07, 6.45) is 4.77. The Labute approximate surface area is 190 Å². The normalized spacial score (nSPS) is 41.2. The van der Waals surface area contributed by atoms with Gasteiger partial charge >= 0.3 is 23.9 Å². The number of cyclic esters (lactones) is 2. The maximum absolute atomic E-state index is 13.3. The summed E-state index contributed by atoms with van der Waals surface area (Å²) in [7, 11) is 0. The second-order valence-electron chi connectivity index (χ2n) is 9.66. The summed E-state index contributed by atoms with van der Waals surface area (Å²) < 4.78 is 28.1. The van der Waals surface area contributed by atoms with Crippen LogP contribution in [0.1, 0.15) is 45.3 Å². The second-order valence-corrected chi connectivity index (χ2v) is 9.66. The van der Waals surface area contributed by atoms with Crippen LogP contribution in [-0.4, -0.2) is 42.7 Å². The number of carbonyl (C=O) groups excluding carboxylic acids is 4. The fourth-order valence-electron chi connectivity index (χ4n) is 6.82. The van der Waals surface area contributed by atoms with Gasteiger partial charge in [-0.1, -0.05) is 13.0 Å². The first-order valence-electron chi connectivity index (χ1n) is 11.1. The maximum atomic E-state index is 13.3. The molecule has 5 rings (SSSR count). The number of ether oxygens (including phenoxy) is 4. The Morgan fingerprint density at radius 2 is 1.85 bits per heavy atom. The lowest BCUT2D eigenvalue weighted by molar-refractivity contribution is -0.251. The van der Waals surface area contributed by atoms with Crippen molar-refractivity contribution in [2.75, 3.05) is 6.61 Å². The van der Waals surface area contributed by atoms with Crippen molar-refractivity contribution < 1.29 is 42.5 Å². The molecular weight excluding hydrogens is 432 g/mol. The number of carbonyl (C=O) groups is 4. The molecule has 0 amide bonds. The van der Waals surface area contributed by atoms with E-state index < -0.39 is 64.8 Å². The van der Waals surface area contributed by atoms with Crippen molar-refractivity contribution in [1.29, 1.82) is 0 Å². The lowest BCUT2D eigenvalue weighted by Gasteiger charge is -2.62. The lowest BCUT2D eigenvalue weighted by atomic mass is 9.43. The van der Waals surface area contributed by atoms with Crippen molar-refractivity contribution in [1.82, 2.24) is 0 Å². The molecule has 1 aromatic heterocycles. The first kappa shape index (κ1) is 21.7. The van der Waals surface area contributed by atoms with Gasteiger partial charge in [0.05, 0.1) is 31.0 Å². The molecule has 0 N–H and O–H groups in total. The summed E-state index contributed by atoms with van der Waals surface area (Å²) >= 11 is 0. The summed E-state index contributed by atoms with van der Waals surface area (Å²) in [6, 6.07) is 1.66. The molecule has 2 aliphatic carbocycles. The molecule has 0 unspecified atom stereocenters. The number of esters is 4. The summed E-state index contributed by atoms with van der Waals surface area (Å²) in [6.45, 7) is 4.64. The fourth-order valence-corrected chi connectivity index (χ4v) is 6.82. The summed E-state index contributed by atoms with van der Waals surface area (Å²) in [5.74, 6) is -3.45. The molecule has 1 spiro atoms. The highest BCUT2D eigenvalue weighted by Gasteiger charge is 2.72. The quantitative estimate of drug-likeness (QED) is 0.382. The van der Waals surface area contributed by atoms with E-state index in [0.717, 1.165) is 0 Å². The monoisotopic (exact) mass is 458 g/mol. The molecule has 9 heteroatoms. The minimum absolute atomic E-state index is 0.143. The third-order valence-corrected chi connectivity index (χ3v) is 8.00. The number of hydrogen-bond donors (Lipinski definition) is 0. The maximum Gasteiger partial charge on any atom is 0.313 e. The Balaban J connectivity index is 1.70. The third kappa shape index (κ3) is 3.04. The van der Waals surface area contributed by atoms with Gasteiger partial charge in [-0.2, -0.15) is 0 Å². The largest absolute Gasteiger partial charge is 0.472 e. The highest BCUT2D eigenvalue weighted by molar-refractivity contribution is 5.80. The number of hydrogen-bond acceptors (Lipinski definition) is 9. The van der Waals surface area contributed by atoms with Gasteiger partial charge in [0.1, 0.15) is 12.2 Å². The Morgan fingerprint density at radius 1 is 1.09 bits per heavy atom. The van der Waals surface area contributed by atoms with E-state index >= 15 is 0 Å².